The normalized spacial score (nSPS) is 16.2. The maximum absolute atomic E-state index is 13.9. The Morgan fingerprint density at radius 1 is 1.06 bits per heavy atom. The van der Waals surface area contributed by atoms with Crippen molar-refractivity contribution >= 4 is 11.8 Å². The largest absolute Gasteiger partial charge is 0.352 e. The van der Waals surface area contributed by atoms with Crippen molar-refractivity contribution in [2.75, 3.05) is 13.1 Å². The van der Waals surface area contributed by atoms with Crippen LogP contribution in [0.15, 0.2) is 61.3 Å². The number of amides is 2. The molecular formula is C27H25N7O2. The zero-order valence-corrected chi connectivity index (χ0v) is 20.1. The highest BCUT2D eigenvalue weighted by atomic mass is 16.2. The Morgan fingerprint density at radius 2 is 1.94 bits per heavy atom. The van der Waals surface area contributed by atoms with Gasteiger partial charge in [-0.15, -0.1) is 0 Å². The fourth-order valence-corrected chi connectivity index (χ4v) is 5.08. The molecule has 2 aliphatic rings. The van der Waals surface area contributed by atoms with E-state index < -0.39 is 5.54 Å². The molecule has 9 nitrogen and oxygen atoms in total. The number of carbonyl (C=O) groups excluding carboxylic acids is 2. The maximum atomic E-state index is 13.9. The number of hydrogen-bond acceptors (Lipinski definition) is 6. The van der Waals surface area contributed by atoms with Crippen LogP contribution in [-0.2, 0) is 17.6 Å². The van der Waals surface area contributed by atoms with E-state index in [0.717, 1.165) is 34.4 Å². The predicted octanol–water partition coefficient (Wildman–Crippen LogP) is 2.84. The molecule has 36 heavy (non-hydrogen) atoms. The van der Waals surface area contributed by atoms with Gasteiger partial charge in [0.25, 0.3) is 5.91 Å². The summed E-state index contributed by atoms with van der Waals surface area (Å²) in [5.41, 5.74) is 5.36. The molecule has 9 heteroatoms. The first-order valence-electron chi connectivity index (χ1n) is 12.0. The van der Waals surface area contributed by atoms with Gasteiger partial charge >= 0.3 is 0 Å². The number of nitrogens with one attached hydrogen (secondary N) is 1. The van der Waals surface area contributed by atoms with Crippen LogP contribution in [0.1, 0.15) is 35.5 Å². The Balaban J connectivity index is 1.54. The molecule has 0 radical (unpaired) electrons. The van der Waals surface area contributed by atoms with Gasteiger partial charge in [-0.2, -0.15) is 5.10 Å². The summed E-state index contributed by atoms with van der Waals surface area (Å²) in [6.07, 6.45) is 8.18. The lowest BCUT2D eigenvalue weighted by Crippen LogP contribution is -2.63. The highest BCUT2D eigenvalue weighted by molar-refractivity contribution is 6.01. The fourth-order valence-electron chi connectivity index (χ4n) is 5.08. The van der Waals surface area contributed by atoms with Gasteiger partial charge in [-0.1, -0.05) is 18.2 Å². The van der Waals surface area contributed by atoms with Gasteiger partial charge in [0.05, 0.1) is 5.69 Å². The zero-order chi connectivity index (χ0) is 24.9. The molecule has 2 amide bonds. The first kappa shape index (κ1) is 22.1. The molecule has 4 aromatic rings. The van der Waals surface area contributed by atoms with E-state index in [0.29, 0.717) is 31.0 Å². The average molecular weight is 480 g/mol. The monoisotopic (exact) mass is 479 g/mol. The lowest BCUT2D eigenvalue weighted by Gasteiger charge is -2.40. The molecule has 6 rings (SSSR count). The molecule has 1 saturated heterocycles. The summed E-state index contributed by atoms with van der Waals surface area (Å²) in [6.45, 7) is 4.38. The van der Waals surface area contributed by atoms with E-state index in [1.165, 1.54) is 11.9 Å². The molecule has 3 aromatic heterocycles. The summed E-state index contributed by atoms with van der Waals surface area (Å²) < 4.78 is 1.74. The molecule has 1 N–H and O–H groups in total. The van der Waals surface area contributed by atoms with Crippen LogP contribution in [0.3, 0.4) is 0 Å². The van der Waals surface area contributed by atoms with Crippen molar-refractivity contribution < 1.29 is 9.59 Å². The van der Waals surface area contributed by atoms with Crippen LogP contribution in [0, 0.1) is 0 Å². The van der Waals surface area contributed by atoms with Gasteiger partial charge in [0.15, 0.2) is 11.5 Å². The van der Waals surface area contributed by atoms with Crippen molar-refractivity contribution in [2.45, 2.75) is 32.2 Å². The Labute approximate surface area is 208 Å². The molecular weight excluding hydrogens is 454 g/mol. The minimum atomic E-state index is -0.971. The first-order chi connectivity index (χ1) is 17.4. The van der Waals surface area contributed by atoms with E-state index in [1.54, 1.807) is 41.9 Å². The highest BCUT2D eigenvalue weighted by Gasteiger charge is 2.43. The predicted molar refractivity (Wildman–Crippen MR) is 133 cm³/mol. The molecule has 1 aromatic carbocycles. The van der Waals surface area contributed by atoms with Crippen LogP contribution in [0.25, 0.3) is 28.2 Å². The van der Waals surface area contributed by atoms with Gasteiger partial charge in [-0.05, 0) is 49.9 Å². The topological polar surface area (TPSA) is 106 Å². The van der Waals surface area contributed by atoms with Crippen molar-refractivity contribution in [1.82, 2.24) is 34.9 Å². The molecule has 0 atom stereocenters. The van der Waals surface area contributed by atoms with E-state index in [9.17, 15) is 9.59 Å². The molecule has 0 spiro atoms. The van der Waals surface area contributed by atoms with Crippen molar-refractivity contribution in [3.05, 3.63) is 78.1 Å². The molecule has 0 saturated carbocycles. The van der Waals surface area contributed by atoms with Crippen LogP contribution >= 0.6 is 0 Å². The quantitative estimate of drug-likeness (QED) is 0.484. The summed E-state index contributed by atoms with van der Waals surface area (Å²) in [5.74, 6) is 0.166. The van der Waals surface area contributed by atoms with E-state index in [2.05, 4.69) is 38.5 Å². The average Bonchev–Trinajstić information content (AvgIpc) is 3.31. The number of nitrogens with zero attached hydrogens (tertiary/aromatic N) is 6. The summed E-state index contributed by atoms with van der Waals surface area (Å²) in [7, 11) is 0. The Morgan fingerprint density at radius 3 is 2.72 bits per heavy atom. The van der Waals surface area contributed by atoms with Crippen LogP contribution < -0.4 is 5.32 Å². The lowest BCUT2D eigenvalue weighted by molar-refractivity contribution is -0.133. The number of benzene rings is 1. The van der Waals surface area contributed by atoms with Crippen LogP contribution in [0.5, 0.6) is 0 Å². The smallest absolute Gasteiger partial charge is 0.275 e. The maximum Gasteiger partial charge on any atom is 0.275 e. The number of carbonyl (C=O) groups is 2. The number of aromatic nitrogens is 5. The second-order valence-electron chi connectivity index (χ2n) is 9.54. The Bertz CT molecular complexity index is 1480. The van der Waals surface area contributed by atoms with Gasteiger partial charge in [0.1, 0.15) is 11.9 Å². The Hall–Kier alpha value is -4.40. The molecule has 1 aliphatic heterocycles. The number of hydrogen-bond donors (Lipinski definition) is 1. The first-order valence-corrected chi connectivity index (χ1v) is 12.0. The summed E-state index contributed by atoms with van der Waals surface area (Å²) >= 11 is 0. The number of rotatable bonds is 3. The van der Waals surface area contributed by atoms with Crippen LogP contribution in [-0.4, -0.2) is 60.1 Å². The van der Waals surface area contributed by atoms with Gasteiger partial charge in [-0.25, -0.2) is 14.6 Å². The minimum absolute atomic E-state index is 0.169. The molecule has 4 heterocycles. The third kappa shape index (κ3) is 3.46. The van der Waals surface area contributed by atoms with E-state index >= 15 is 0 Å². The summed E-state index contributed by atoms with van der Waals surface area (Å²) in [6, 6.07) is 12.1. The summed E-state index contributed by atoms with van der Waals surface area (Å²) in [5, 5.41) is 7.68. The van der Waals surface area contributed by atoms with Crippen LogP contribution in [0.2, 0.25) is 0 Å². The molecule has 1 aliphatic carbocycles. The molecule has 0 bridgehead atoms. The second-order valence-corrected chi connectivity index (χ2v) is 9.54. The van der Waals surface area contributed by atoms with Gasteiger partial charge in [0.2, 0.25) is 5.91 Å². The third-order valence-corrected chi connectivity index (χ3v) is 7.07. The zero-order valence-electron chi connectivity index (χ0n) is 20.1. The Kier molecular flexibility index (Phi) is 5.13. The number of piperazine rings is 1. The SMILES string of the molecule is CC1(C)C(=O)NCCN1C(=O)c1nn(-c2ccncn2)c2c1CCc1ccc(-c3cccnc3)cc1-2. The molecule has 0 unspecified atom stereocenters. The van der Waals surface area contributed by atoms with Gasteiger partial charge < -0.3 is 10.2 Å². The second kappa shape index (κ2) is 8.37. The van der Waals surface area contributed by atoms with Crippen molar-refractivity contribution in [2.24, 2.45) is 0 Å². The van der Waals surface area contributed by atoms with E-state index in [1.807, 2.05) is 18.3 Å². The third-order valence-electron chi connectivity index (χ3n) is 7.07. The van der Waals surface area contributed by atoms with Crippen molar-refractivity contribution in [3.8, 4) is 28.2 Å². The molecule has 180 valence electrons. The lowest BCUT2D eigenvalue weighted by atomic mass is 9.86. The number of fused-ring (bicyclic) bond motifs is 3. The molecule has 1 fully saturated rings. The van der Waals surface area contributed by atoms with Gasteiger partial charge in [0, 0.05) is 54.4 Å². The van der Waals surface area contributed by atoms with E-state index in [-0.39, 0.29) is 11.8 Å². The van der Waals surface area contributed by atoms with Gasteiger partial charge in [-0.3, -0.25) is 14.6 Å². The highest BCUT2D eigenvalue weighted by Crippen LogP contribution is 2.39. The van der Waals surface area contributed by atoms with Crippen molar-refractivity contribution in [3.63, 3.8) is 0 Å². The summed E-state index contributed by atoms with van der Waals surface area (Å²) in [4.78, 5) is 40.8. The van der Waals surface area contributed by atoms with Crippen LogP contribution in [0.4, 0.5) is 0 Å². The van der Waals surface area contributed by atoms with Crippen molar-refractivity contribution in [1.29, 1.82) is 0 Å². The fraction of sp³-hybridized carbons (Fsp3) is 0.259. The standard InChI is InChI=1S/C27H25N7O2/c1-27(2)26(36)30-12-13-33(27)25(35)23-20-8-7-17-5-6-18(19-4-3-10-28-15-19)14-21(17)24(20)34(32-23)22-9-11-29-16-31-22/h3-6,9-11,14-16H,7-8,12-13H2,1-2H3,(H,30,36). The minimum Gasteiger partial charge on any atom is -0.352 e. The number of aryl methyl sites for hydroxylation is 1. The number of pyridine rings is 1. The van der Waals surface area contributed by atoms with E-state index in [4.69, 9.17) is 5.10 Å².